The minimum Gasteiger partial charge on any atom is -0.395 e. The van der Waals surface area contributed by atoms with Crippen molar-refractivity contribution in [2.45, 2.75) is 32.9 Å². The van der Waals surface area contributed by atoms with Gasteiger partial charge in [-0.15, -0.1) is 0 Å². The Hall–Kier alpha value is -1.76. The molecule has 1 aromatic carbocycles. The molecule has 0 unspecified atom stereocenters. The van der Waals surface area contributed by atoms with E-state index in [0.717, 1.165) is 36.5 Å². The van der Waals surface area contributed by atoms with E-state index in [4.69, 9.17) is 5.11 Å². The van der Waals surface area contributed by atoms with Crippen molar-refractivity contribution in [1.29, 1.82) is 0 Å². The molecule has 6 heteroatoms. The molecule has 0 spiro atoms. The van der Waals surface area contributed by atoms with Gasteiger partial charge in [0.2, 0.25) is 0 Å². The standard InChI is InChI=1S/C17H27N5O/c1-14(2)22-20-16(13-19-10-6-9-18-11-12-23)17(21-22)15-7-4-3-5-8-15/h3-5,7-8,14,18-19,23H,6,9-13H2,1-2H3. The van der Waals surface area contributed by atoms with Gasteiger partial charge in [-0.3, -0.25) is 0 Å². The van der Waals surface area contributed by atoms with E-state index < -0.39 is 0 Å². The number of hydrogen-bond donors (Lipinski definition) is 3. The van der Waals surface area contributed by atoms with Gasteiger partial charge in [0.05, 0.1) is 12.6 Å². The Bertz CT molecular complexity index is 568. The third-order valence-corrected chi connectivity index (χ3v) is 3.50. The molecule has 1 aromatic heterocycles. The number of aliphatic hydroxyl groups excluding tert-OH is 1. The monoisotopic (exact) mass is 317 g/mol. The van der Waals surface area contributed by atoms with Gasteiger partial charge < -0.3 is 15.7 Å². The van der Waals surface area contributed by atoms with Crippen molar-refractivity contribution in [2.24, 2.45) is 0 Å². The molecule has 6 nitrogen and oxygen atoms in total. The molecule has 23 heavy (non-hydrogen) atoms. The van der Waals surface area contributed by atoms with Crippen molar-refractivity contribution in [3.05, 3.63) is 36.0 Å². The summed E-state index contributed by atoms with van der Waals surface area (Å²) in [6, 6.07) is 10.4. The van der Waals surface area contributed by atoms with E-state index in [1.165, 1.54) is 0 Å². The summed E-state index contributed by atoms with van der Waals surface area (Å²) in [6.07, 6.45) is 1.01. The van der Waals surface area contributed by atoms with Gasteiger partial charge in [-0.2, -0.15) is 15.0 Å². The molecule has 3 N–H and O–H groups in total. The fourth-order valence-corrected chi connectivity index (χ4v) is 2.27. The summed E-state index contributed by atoms with van der Waals surface area (Å²) < 4.78 is 0. The van der Waals surface area contributed by atoms with Crippen molar-refractivity contribution in [2.75, 3.05) is 26.2 Å². The number of aromatic nitrogens is 3. The molecule has 0 aliphatic heterocycles. The molecular weight excluding hydrogens is 290 g/mol. The zero-order valence-corrected chi connectivity index (χ0v) is 14.0. The summed E-state index contributed by atoms with van der Waals surface area (Å²) in [5, 5.41) is 24.6. The van der Waals surface area contributed by atoms with Crippen LogP contribution < -0.4 is 10.6 Å². The van der Waals surface area contributed by atoms with Crippen molar-refractivity contribution in [1.82, 2.24) is 25.6 Å². The van der Waals surface area contributed by atoms with Gasteiger partial charge in [-0.05, 0) is 33.4 Å². The minimum atomic E-state index is 0.187. The molecule has 0 aliphatic rings. The average Bonchev–Trinajstić information content (AvgIpc) is 2.99. The molecule has 1 heterocycles. The first kappa shape index (κ1) is 17.6. The van der Waals surface area contributed by atoms with E-state index in [9.17, 15) is 0 Å². The van der Waals surface area contributed by atoms with Crippen LogP contribution in [0.5, 0.6) is 0 Å². The molecule has 0 saturated heterocycles. The van der Waals surface area contributed by atoms with Crippen LogP contribution in [0.15, 0.2) is 30.3 Å². The molecule has 0 radical (unpaired) electrons. The third kappa shape index (κ3) is 5.42. The van der Waals surface area contributed by atoms with Crippen LogP contribution in [-0.4, -0.2) is 46.3 Å². The molecule has 0 saturated carbocycles. The Kier molecular flexibility index (Phi) is 7.19. The highest BCUT2D eigenvalue weighted by Gasteiger charge is 2.14. The van der Waals surface area contributed by atoms with E-state index in [1.807, 2.05) is 18.2 Å². The van der Waals surface area contributed by atoms with Crippen LogP contribution in [0.1, 0.15) is 32.0 Å². The van der Waals surface area contributed by atoms with Crippen LogP contribution in [0, 0.1) is 0 Å². The molecule has 0 atom stereocenters. The first-order valence-corrected chi connectivity index (χ1v) is 8.25. The summed E-state index contributed by atoms with van der Waals surface area (Å²) in [6.45, 7) is 7.51. The number of hydrogen-bond acceptors (Lipinski definition) is 5. The molecule has 2 aromatic rings. The van der Waals surface area contributed by atoms with Crippen LogP contribution in [-0.2, 0) is 6.54 Å². The lowest BCUT2D eigenvalue weighted by Crippen LogP contribution is -2.24. The van der Waals surface area contributed by atoms with E-state index in [0.29, 0.717) is 13.1 Å². The number of benzene rings is 1. The normalized spacial score (nSPS) is 11.3. The van der Waals surface area contributed by atoms with Crippen molar-refractivity contribution in [3.63, 3.8) is 0 Å². The van der Waals surface area contributed by atoms with E-state index >= 15 is 0 Å². The molecule has 126 valence electrons. The second kappa shape index (κ2) is 9.39. The lowest BCUT2D eigenvalue weighted by atomic mass is 10.1. The van der Waals surface area contributed by atoms with Gasteiger partial charge in [0.15, 0.2) is 0 Å². The zero-order chi connectivity index (χ0) is 16.5. The van der Waals surface area contributed by atoms with Gasteiger partial charge in [0.1, 0.15) is 11.4 Å². The number of nitrogens with zero attached hydrogens (tertiary/aromatic N) is 3. The summed E-state index contributed by atoms with van der Waals surface area (Å²) in [5.74, 6) is 0. The minimum absolute atomic E-state index is 0.187. The third-order valence-electron chi connectivity index (χ3n) is 3.50. The van der Waals surface area contributed by atoms with Crippen molar-refractivity contribution in [3.8, 4) is 11.3 Å². The molecule has 2 rings (SSSR count). The zero-order valence-electron chi connectivity index (χ0n) is 14.0. The van der Waals surface area contributed by atoms with Gasteiger partial charge >= 0.3 is 0 Å². The summed E-state index contributed by atoms with van der Waals surface area (Å²) in [7, 11) is 0. The second-order valence-electron chi connectivity index (χ2n) is 5.78. The number of aliphatic hydroxyl groups is 1. The predicted octanol–water partition coefficient (Wildman–Crippen LogP) is 1.59. The largest absolute Gasteiger partial charge is 0.395 e. The topological polar surface area (TPSA) is 75.0 Å². The number of rotatable bonds is 10. The van der Waals surface area contributed by atoms with E-state index in [2.05, 4.69) is 46.8 Å². The highest BCUT2D eigenvalue weighted by molar-refractivity contribution is 5.60. The predicted molar refractivity (Wildman–Crippen MR) is 92.1 cm³/mol. The summed E-state index contributed by atoms with van der Waals surface area (Å²) >= 11 is 0. The molecule has 0 aliphatic carbocycles. The van der Waals surface area contributed by atoms with Crippen LogP contribution in [0.2, 0.25) is 0 Å². The first-order valence-electron chi connectivity index (χ1n) is 8.25. The Morgan fingerprint density at radius 3 is 2.48 bits per heavy atom. The van der Waals surface area contributed by atoms with Gasteiger partial charge in [0, 0.05) is 18.7 Å². The second-order valence-corrected chi connectivity index (χ2v) is 5.78. The summed E-state index contributed by atoms with van der Waals surface area (Å²) in [4.78, 5) is 1.78. The average molecular weight is 317 g/mol. The fraction of sp³-hybridized carbons (Fsp3) is 0.529. The van der Waals surface area contributed by atoms with E-state index in [1.54, 1.807) is 4.80 Å². The first-order chi connectivity index (χ1) is 11.2. The quantitative estimate of drug-likeness (QED) is 0.580. The lowest BCUT2D eigenvalue weighted by molar-refractivity contribution is 0.292. The lowest BCUT2D eigenvalue weighted by Gasteiger charge is -2.05. The Labute approximate surface area is 137 Å². The Balaban J connectivity index is 1.94. The van der Waals surface area contributed by atoms with Gasteiger partial charge in [0.25, 0.3) is 0 Å². The highest BCUT2D eigenvalue weighted by atomic mass is 16.3. The Morgan fingerprint density at radius 1 is 1.04 bits per heavy atom. The smallest absolute Gasteiger partial charge is 0.117 e. The number of nitrogens with one attached hydrogen (secondary N) is 2. The maximum Gasteiger partial charge on any atom is 0.117 e. The molecule has 0 fully saturated rings. The van der Waals surface area contributed by atoms with Gasteiger partial charge in [-0.25, -0.2) is 0 Å². The van der Waals surface area contributed by atoms with Crippen LogP contribution in [0.3, 0.4) is 0 Å². The van der Waals surface area contributed by atoms with Crippen molar-refractivity contribution >= 4 is 0 Å². The summed E-state index contributed by atoms with van der Waals surface area (Å²) in [5.41, 5.74) is 3.03. The maximum atomic E-state index is 8.71. The maximum absolute atomic E-state index is 8.71. The van der Waals surface area contributed by atoms with Crippen LogP contribution in [0.4, 0.5) is 0 Å². The van der Waals surface area contributed by atoms with Crippen molar-refractivity contribution < 1.29 is 5.11 Å². The Morgan fingerprint density at radius 2 is 1.78 bits per heavy atom. The van der Waals surface area contributed by atoms with Crippen LogP contribution >= 0.6 is 0 Å². The molecular formula is C17H27N5O. The molecule has 0 amide bonds. The fourth-order valence-electron chi connectivity index (χ4n) is 2.27. The SMILES string of the molecule is CC(C)n1nc(CNCCCNCCO)c(-c2ccccc2)n1. The molecule has 0 bridgehead atoms. The van der Waals surface area contributed by atoms with Crippen LogP contribution in [0.25, 0.3) is 11.3 Å². The van der Waals surface area contributed by atoms with E-state index in [-0.39, 0.29) is 12.6 Å². The highest BCUT2D eigenvalue weighted by Crippen LogP contribution is 2.21. The van der Waals surface area contributed by atoms with Gasteiger partial charge in [-0.1, -0.05) is 30.3 Å².